The van der Waals surface area contributed by atoms with Crippen LogP contribution >= 0.6 is 11.6 Å². The molecule has 0 aliphatic rings. The van der Waals surface area contributed by atoms with Crippen LogP contribution in [-0.4, -0.2) is 24.5 Å². The predicted octanol–water partition coefficient (Wildman–Crippen LogP) is 3.23. The van der Waals surface area contributed by atoms with Crippen LogP contribution in [0.3, 0.4) is 0 Å². The summed E-state index contributed by atoms with van der Waals surface area (Å²) in [5, 5.41) is 9.43. The summed E-state index contributed by atoms with van der Waals surface area (Å²) in [6.45, 7) is 4.00. The summed E-state index contributed by atoms with van der Waals surface area (Å²) in [4.78, 5) is 4.53. The number of rotatable bonds is 4. The van der Waals surface area contributed by atoms with Gasteiger partial charge < -0.3 is 0 Å². The molecule has 0 aliphatic carbocycles. The van der Waals surface area contributed by atoms with E-state index in [1.54, 1.807) is 6.20 Å². The summed E-state index contributed by atoms with van der Waals surface area (Å²) < 4.78 is 3.77. The number of hydrogen-bond acceptors (Lipinski definition) is 3. The van der Waals surface area contributed by atoms with Crippen molar-refractivity contribution in [1.29, 1.82) is 0 Å². The van der Waals surface area contributed by atoms with E-state index in [4.69, 9.17) is 11.6 Å². The van der Waals surface area contributed by atoms with Gasteiger partial charge in [-0.2, -0.15) is 10.2 Å². The Balaban J connectivity index is 1.93. The summed E-state index contributed by atoms with van der Waals surface area (Å²) in [6.07, 6.45) is 4.48. The van der Waals surface area contributed by atoms with Crippen LogP contribution in [-0.2, 0) is 6.42 Å². The lowest BCUT2D eigenvalue weighted by molar-refractivity contribution is 0.474. The molecule has 3 rings (SSSR count). The Morgan fingerprint density at radius 1 is 1.29 bits per heavy atom. The van der Waals surface area contributed by atoms with Crippen molar-refractivity contribution >= 4 is 11.6 Å². The number of aryl methyl sites for hydroxylation is 1. The molecule has 0 fully saturated rings. The molecule has 0 spiro atoms. The molecule has 3 aromatic rings. The van der Waals surface area contributed by atoms with E-state index in [1.807, 2.05) is 52.8 Å². The van der Waals surface area contributed by atoms with Crippen molar-refractivity contribution in [2.45, 2.75) is 26.3 Å². The molecule has 1 aromatic carbocycles. The highest BCUT2D eigenvalue weighted by Crippen LogP contribution is 2.18. The average Bonchev–Trinajstić information content (AvgIpc) is 3.08. The maximum absolute atomic E-state index is 6.07. The first kappa shape index (κ1) is 13.8. The van der Waals surface area contributed by atoms with E-state index < -0.39 is 0 Å². The zero-order valence-electron chi connectivity index (χ0n) is 11.9. The normalized spacial score (nSPS) is 12.5. The van der Waals surface area contributed by atoms with Gasteiger partial charge in [0.25, 0.3) is 0 Å². The summed E-state index contributed by atoms with van der Waals surface area (Å²) in [5.41, 5.74) is 0.922. The van der Waals surface area contributed by atoms with Crippen LogP contribution in [0.15, 0.2) is 42.7 Å². The van der Waals surface area contributed by atoms with Crippen LogP contribution in [0.25, 0.3) is 5.69 Å². The van der Waals surface area contributed by atoms with E-state index in [-0.39, 0.29) is 6.04 Å². The van der Waals surface area contributed by atoms with Crippen LogP contribution in [0.5, 0.6) is 0 Å². The Labute approximate surface area is 128 Å². The first-order chi connectivity index (χ1) is 10.1. The molecular formula is C15H16ClN5. The van der Waals surface area contributed by atoms with Crippen LogP contribution in [0.1, 0.15) is 24.6 Å². The molecule has 108 valence electrons. The van der Waals surface area contributed by atoms with Gasteiger partial charge in [0.2, 0.25) is 0 Å². The fourth-order valence-corrected chi connectivity index (χ4v) is 2.49. The second kappa shape index (κ2) is 5.69. The molecule has 0 radical (unpaired) electrons. The molecule has 0 bridgehead atoms. The molecule has 0 N–H and O–H groups in total. The molecule has 6 heteroatoms. The van der Waals surface area contributed by atoms with Gasteiger partial charge in [-0.1, -0.05) is 17.7 Å². The Morgan fingerprint density at radius 3 is 2.86 bits per heavy atom. The van der Waals surface area contributed by atoms with E-state index in [0.717, 1.165) is 23.8 Å². The van der Waals surface area contributed by atoms with Crippen molar-refractivity contribution in [1.82, 2.24) is 24.5 Å². The molecule has 5 nitrogen and oxygen atoms in total. The topological polar surface area (TPSA) is 48.5 Å². The number of hydrogen-bond donors (Lipinski definition) is 0. The highest BCUT2D eigenvalue weighted by molar-refractivity contribution is 6.30. The molecule has 0 saturated heterocycles. The van der Waals surface area contributed by atoms with Gasteiger partial charge in [0.05, 0.1) is 11.7 Å². The standard InChI is InChI=1S/C15H16ClN5/c1-11(20-8-4-7-17-20)9-15-18-12(2)19-21(15)14-6-3-5-13(16)10-14/h3-8,10-11H,9H2,1-2H3/t11-/m0/s1. The van der Waals surface area contributed by atoms with Crippen LogP contribution in [0, 0.1) is 6.92 Å². The van der Waals surface area contributed by atoms with E-state index in [2.05, 4.69) is 22.1 Å². The lowest BCUT2D eigenvalue weighted by Gasteiger charge is -2.12. The number of halogens is 1. The summed E-state index contributed by atoms with van der Waals surface area (Å²) in [6, 6.07) is 9.75. The summed E-state index contributed by atoms with van der Waals surface area (Å²) in [7, 11) is 0. The zero-order valence-corrected chi connectivity index (χ0v) is 12.7. The molecule has 0 amide bonds. The lowest BCUT2D eigenvalue weighted by Crippen LogP contribution is -2.13. The SMILES string of the molecule is Cc1nc(C[C@H](C)n2cccn2)n(-c2cccc(Cl)c2)n1. The fraction of sp³-hybridized carbons (Fsp3) is 0.267. The third-order valence-corrected chi connectivity index (χ3v) is 3.52. The maximum Gasteiger partial charge on any atom is 0.148 e. The van der Waals surface area contributed by atoms with Gasteiger partial charge in [0.1, 0.15) is 11.6 Å². The molecule has 1 atom stereocenters. The molecule has 2 heterocycles. The Kier molecular flexibility index (Phi) is 3.75. The quantitative estimate of drug-likeness (QED) is 0.743. The highest BCUT2D eigenvalue weighted by atomic mass is 35.5. The summed E-state index contributed by atoms with van der Waals surface area (Å²) in [5.74, 6) is 1.65. The van der Waals surface area contributed by atoms with Gasteiger partial charge in [0.15, 0.2) is 0 Å². The monoisotopic (exact) mass is 301 g/mol. The van der Waals surface area contributed by atoms with Gasteiger partial charge in [-0.05, 0) is 38.1 Å². The minimum atomic E-state index is 0.210. The molecule has 0 saturated carbocycles. The Hall–Kier alpha value is -2.14. The molecule has 0 aliphatic heterocycles. The van der Waals surface area contributed by atoms with Crippen molar-refractivity contribution in [3.8, 4) is 5.69 Å². The zero-order chi connectivity index (χ0) is 14.8. The van der Waals surface area contributed by atoms with Crippen molar-refractivity contribution < 1.29 is 0 Å². The van der Waals surface area contributed by atoms with Crippen molar-refractivity contribution in [2.24, 2.45) is 0 Å². The third-order valence-electron chi connectivity index (χ3n) is 3.29. The minimum absolute atomic E-state index is 0.210. The smallest absolute Gasteiger partial charge is 0.148 e. The first-order valence-electron chi connectivity index (χ1n) is 6.81. The number of benzene rings is 1. The van der Waals surface area contributed by atoms with Crippen LogP contribution < -0.4 is 0 Å². The van der Waals surface area contributed by atoms with Gasteiger partial charge in [-0.25, -0.2) is 9.67 Å². The second-order valence-electron chi connectivity index (χ2n) is 5.01. The van der Waals surface area contributed by atoms with E-state index in [9.17, 15) is 0 Å². The maximum atomic E-state index is 6.07. The Bertz CT molecular complexity index is 732. The van der Waals surface area contributed by atoms with E-state index >= 15 is 0 Å². The number of aromatic nitrogens is 5. The van der Waals surface area contributed by atoms with Gasteiger partial charge in [-0.3, -0.25) is 4.68 Å². The predicted molar refractivity (Wildman–Crippen MR) is 81.7 cm³/mol. The van der Waals surface area contributed by atoms with Crippen molar-refractivity contribution in [3.05, 3.63) is 59.4 Å². The van der Waals surface area contributed by atoms with Crippen molar-refractivity contribution in [3.63, 3.8) is 0 Å². The van der Waals surface area contributed by atoms with Gasteiger partial charge >= 0.3 is 0 Å². The lowest BCUT2D eigenvalue weighted by atomic mass is 10.2. The molecular weight excluding hydrogens is 286 g/mol. The van der Waals surface area contributed by atoms with E-state index in [1.165, 1.54) is 0 Å². The average molecular weight is 302 g/mol. The highest BCUT2D eigenvalue weighted by Gasteiger charge is 2.14. The van der Waals surface area contributed by atoms with Crippen molar-refractivity contribution in [2.75, 3.05) is 0 Å². The minimum Gasteiger partial charge on any atom is -0.270 e. The Morgan fingerprint density at radius 2 is 2.14 bits per heavy atom. The molecule has 21 heavy (non-hydrogen) atoms. The largest absolute Gasteiger partial charge is 0.270 e. The van der Waals surface area contributed by atoms with Crippen LogP contribution in [0.4, 0.5) is 0 Å². The van der Waals surface area contributed by atoms with Gasteiger partial charge in [0, 0.05) is 23.8 Å². The second-order valence-corrected chi connectivity index (χ2v) is 5.44. The summed E-state index contributed by atoms with van der Waals surface area (Å²) >= 11 is 6.07. The first-order valence-corrected chi connectivity index (χ1v) is 7.19. The van der Waals surface area contributed by atoms with E-state index in [0.29, 0.717) is 5.02 Å². The van der Waals surface area contributed by atoms with Crippen LogP contribution in [0.2, 0.25) is 5.02 Å². The third kappa shape index (κ3) is 2.97. The number of nitrogens with zero attached hydrogens (tertiary/aromatic N) is 5. The molecule has 0 unspecified atom stereocenters. The fourth-order valence-electron chi connectivity index (χ4n) is 2.30. The van der Waals surface area contributed by atoms with Gasteiger partial charge in [-0.15, -0.1) is 0 Å². The molecule has 2 aromatic heterocycles.